The molecule has 0 aliphatic rings. The molecule has 0 aromatic carbocycles. The van der Waals surface area contributed by atoms with Crippen LogP contribution in [-0.2, 0) is 37.1 Å². The first kappa shape index (κ1) is 31.9. The van der Waals surface area contributed by atoms with Crippen LogP contribution in [0.1, 0.15) is 53.4 Å². The van der Waals surface area contributed by atoms with Gasteiger partial charge in [0, 0.05) is 13.2 Å². The van der Waals surface area contributed by atoms with Gasteiger partial charge in [-0.3, -0.25) is 0 Å². The third-order valence-electron chi connectivity index (χ3n) is 3.81. The molecule has 0 saturated carbocycles. The number of hydrogen-bond acceptors (Lipinski definition) is 10. The first-order valence-electron chi connectivity index (χ1n) is 11.3. The Balaban J connectivity index is 3.97. The second kappa shape index (κ2) is 21.4. The molecule has 0 amide bonds. The molecule has 32 heavy (non-hydrogen) atoms. The molecule has 0 spiro atoms. The van der Waals surface area contributed by atoms with E-state index in [4.69, 9.17) is 33.1 Å². The molecular weight excluding hydrogens is 462 g/mol. The average molecular weight is 504 g/mol. The standard InChI is InChI=1S/C20H42O10P2/c1-5-9-25-19(22)15-28-20(26-10-6-2)16-30-32(24)12-8-7-11-31(23)29-14-18(4)27-13-17(3)21/h17-22H,5-16H2,1-4H3/q+2. The molecule has 0 aromatic rings. The topological polar surface area (TPSA) is 130 Å². The van der Waals surface area contributed by atoms with Gasteiger partial charge in [0.1, 0.15) is 13.2 Å². The fourth-order valence-corrected chi connectivity index (χ4v) is 4.07. The van der Waals surface area contributed by atoms with E-state index in [9.17, 15) is 14.2 Å². The molecule has 0 radical (unpaired) electrons. The highest BCUT2D eigenvalue weighted by Crippen LogP contribution is 2.28. The molecule has 0 bridgehead atoms. The molecule has 12 heteroatoms. The van der Waals surface area contributed by atoms with Crippen molar-refractivity contribution in [3.05, 3.63) is 0 Å². The highest BCUT2D eigenvalue weighted by atomic mass is 31.1. The summed E-state index contributed by atoms with van der Waals surface area (Å²) < 4.78 is 56.0. The first-order chi connectivity index (χ1) is 15.3. The molecule has 0 saturated heterocycles. The van der Waals surface area contributed by atoms with Crippen molar-refractivity contribution in [2.75, 3.05) is 52.0 Å². The van der Waals surface area contributed by atoms with Crippen LogP contribution in [-0.4, -0.2) is 87.0 Å². The SMILES string of the molecule is CCCOC(O)COC(CO[P+](=O)CCCC[P+](=O)OCC(C)OCC(C)O)OCCC. The Kier molecular flexibility index (Phi) is 21.3. The van der Waals surface area contributed by atoms with Crippen LogP contribution >= 0.6 is 16.1 Å². The van der Waals surface area contributed by atoms with Gasteiger partial charge in [0.2, 0.25) is 0 Å². The van der Waals surface area contributed by atoms with Gasteiger partial charge in [-0.2, -0.15) is 0 Å². The van der Waals surface area contributed by atoms with Gasteiger partial charge in [-0.15, -0.1) is 9.05 Å². The van der Waals surface area contributed by atoms with Crippen molar-refractivity contribution in [1.82, 2.24) is 0 Å². The zero-order valence-corrected chi connectivity index (χ0v) is 21.6. The predicted molar refractivity (Wildman–Crippen MR) is 121 cm³/mol. The molecule has 6 unspecified atom stereocenters. The van der Waals surface area contributed by atoms with Crippen molar-refractivity contribution < 1.29 is 47.3 Å². The molecular formula is C20H42O10P2+2. The Morgan fingerprint density at radius 3 is 1.84 bits per heavy atom. The lowest BCUT2D eigenvalue weighted by atomic mass is 10.4. The van der Waals surface area contributed by atoms with Gasteiger partial charge in [0.25, 0.3) is 0 Å². The minimum atomic E-state index is -1.91. The largest absolute Gasteiger partial charge is 0.508 e. The van der Waals surface area contributed by atoms with E-state index < -0.39 is 34.7 Å². The molecule has 0 heterocycles. The molecule has 2 N–H and O–H groups in total. The molecule has 0 rings (SSSR count). The van der Waals surface area contributed by atoms with Crippen molar-refractivity contribution in [3.63, 3.8) is 0 Å². The van der Waals surface area contributed by atoms with E-state index >= 15 is 0 Å². The molecule has 0 aromatic heterocycles. The highest BCUT2D eigenvalue weighted by Gasteiger charge is 2.24. The predicted octanol–water partition coefficient (Wildman–Crippen LogP) is 3.58. The zero-order valence-electron chi connectivity index (χ0n) is 19.8. The van der Waals surface area contributed by atoms with E-state index in [1.165, 1.54) is 0 Å². The zero-order chi connectivity index (χ0) is 24.2. The van der Waals surface area contributed by atoms with Crippen molar-refractivity contribution in [2.24, 2.45) is 0 Å². The van der Waals surface area contributed by atoms with Gasteiger partial charge in [-0.05, 0) is 48.7 Å². The van der Waals surface area contributed by atoms with Gasteiger partial charge >= 0.3 is 16.1 Å². The van der Waals surface area contributed by atoms with E-state index in [1.54, 1.807) is 13.8 Å². The number of aliphatic hydroxyl groups is 2. The normalized spacial score (nSPS) is 16.4. The quantitative estimate of drug-likeness (QED) is 0.121. The van der Waals surface area contributed by atoms with Gasteiger partial charge in [0.05, 0.1) is 18.8 Å². The Labute approximate surface area is 194 Å². The number of rotatable bonds is 23. The van der Waals surface area contributed by atoms with Crippen molar-refractivity contribution in [1.29, 1.82) is 0 Å². The lowest BCUT2D eigenvalue weighted by Crippen LogP contribution is -2.29. The fourth-order valence-electron chi connectivity index (χ4n) is 2.18. The number of hydrogen-bond donors (Lipinski definition) is 2. The number of ether oxygens (including phenoxy) is 4. The van der Waals surface area contributed by atoms with Gasteiger partial charge in [-0.25, -0.2) is 0 Å². The molecule has 10 nitrogen and oxygen atoms in total. The van der Waals surface area contributed by atoms with E-state index in [-0.39, 0.29) is 32.5 Å². The minimum Gasteiger partial charge on any atom is -0.391 e. The third-order valence-corrected chi connectivity index (χ3v) is 6.04. The minimum absolute atomic E-state index is 0.0164. The second-order valence-electron chi connectivity index (χ2n) is 7.36. The lowest BCUT2D eigenvalue weighted by Gasteiger charge is -2.18. The van der Waals surface area contributed by atoms with Crippen LogP contribution in [0.5, 0.6) is 0 Å². The van der Waals surface area contributed by atoms with Crippen molar-refractivity contribution in [2.45, 2.75) is 78.2 Å². The Bertz CT molecular complexity index is 481. The summed E-state index contributed by atoms with van der Waals surface area (Å²) >= 11 is 0. The Morgan fingerprint density at radius 2 is 1.28 bits per heavy atom. The average Bonchev–Trinajstić information content (AvgIpc) is 2.76. The lowest BCUT2D eigenvalue weighted by molar-refractivity contribution is -0.209. The highest BCUT2D eigenvalue weighted by molar-refractivity contribution is 7.39. The third kappa shape index (κ3) is 20.5. The molecule has 6 atom stereocenters. The van der Waals surface area contributed by atoms with E-state index in [2.05, 4.69) is 0 Å². The number of unbranched alkanes of at least 4 members (excludes halogenated alkanes) is 1. The summed E-state index contributed by atoms with van der Waals surface area (Å²) in [5.41, 5.74) is 0. The summed E-state index contributed by atoms with van der Waals surface area (Å²) in [7, 11) is -3.72. The second-order valence-corrected chi connectivity index (χ2v) is 10.1. The summed E-state index contributed by atoms with van der Waals surface area (Å²) in [5, 5.41) is 18.8. The summed E-state index contributed by atoms with van der Waals surface area (Å²) in [6, 6.07) is 0. The van der Waals surface area contributed by atoms with Gasteiger partial charge < -0.3 is 29.2 Å². The summed E-state index contributed by atoms with van der Waals surface area (Å²) in [6.45, 7) is 8.50. The monoisotopic (exact) mass is 504 g/mol. The molecule has 0 fully saturated rings. The summed E-state index contributed by atoms with van der Waals surface area (Å²) in [4.78, 5) is 0. The summed E-state index contributed by atoms with van der Waals surface area (Å²) in [5.74, 6) is 0. The van der Waals surface area contributed by atoms with Crippen LogP contribution < -0.4 is 0 Å². The van der Waals surface area contributed by atoms with E-state index in [0.29, 0.717) is 38.4 Å². The maximum Gasteiger partial charge on any atom is 0.508 e. The van der Waals surface area contributed by atoms with Gasteiger partial charge in [-0.1, -0.05) is 13.8 Å². The van der Waals surface area contributed by atoms with Crippen LogP contribution in [0.4, 0.5) is 0 Å². The van der Waals surface area contributed by atoms with Crippen molar-refractivity contribution >= 4 is 16.1 Å². The van der Waals surface area contributed by atoms with Crippen LogP contribution in [0.2, 0.25) is 0 Å². The van der Waals surface area contributed by atoms with E-state index in [1.807, 2.05) is 13.8 Å². The van der Waals surface area contributed by atoms with Crippen LogP contribution in [0, 0.1) is 0 Å². The molecule has 190 valence electrons. The Hall–Kier alpha value is -0.120. The maximum absolute atomic E-state index is 12.1. The molecule has 0 aliphatic heterocycles. The fraction of sp³-hybridized carbons (Fsp3) is 1.00. The van der Waals surface area contributed by atoms with Crippen LogP contribution in [0.3, 0.4) is 0 Å². The summed E-state index contributed by atoms with van der Waals surface area (Å²) in [6.07, 6.45) is 0.841. The van der Waals surface area contributed by atoms with Crippen LogP contribution in [0.25, 0.3) is 0 Å². The van der Waals surface area contributed by atoms with Crippen molar-refractivity contribution in [3.8, 4) is 0 Å². The maximum atomic E-state index is 12.1. The Morgan fingerprint density at radius 1 is 0.719 bits per heavy atom. The first-order valence-corrected chi connectivity index (χ1v) is 14.0. The van der Waals surface area contributed by atoms with E-state index in [0.717, 1.165) is 12.8 Å². The molecule has 0 aliphatic carbocycles. The van der Waals surface area contributed by atoms with Crippen LogP contribution in [0.15, 0.2) is 0 Å². The smallest absolute Gasteiger partial charge is 0.391 e. The number of aliphatic hydroxyl groups excluding tert-OH is 2. The van der Waals surface area contributed by atoms with Gasteiger partial charge in [0.15, 0.2) is 31.5 Å².